The molecule has 0 unspecified atom stereocenters. The fourth-order valence-corrected chi connectivity index (χ4v) is 2.46. The van der Waals surface area contributed by atoms with E-state index in [0.717, 1.165) is 30.9 Å². The molecule has 2 aromatic rings. The number of rotatable bonds is 9. The Kier molecular flexibility index (Phi) is 10.7. The molecule has 0 aliphatic heterocycles. The van der Waals surface area contributed by atoms with Crippen LogP contribution in [0.1, 0.15) is 32.2 Å². The first-order valence-electron chi connectivity index (χ1n) is 8.98. The maximum Gasteiger partial charge on any atom is 0.191 e. The summed E-state index contributed by atoms with van der Waals surface area (Å²) in [6.45, 7) is 8.89. The molecule has 0 radical (unpaired) electrons. The second kappa shape index (κ2) is 12.5. The molecule has 150 valence electrons. The molecule has 9 heteroatoms. The van der Waals surface area contributed by atoms with Gasteiger partial charge >= 0.3 is 0 Å². The lowest BCUT2D eigenvalue weighted by Gasteiger charge is -2.12. The van der Waals surface area contributed by atoms with Gasteiger partial charge in [-0.1, -0.05) is 13.0 Å². The summed E-state index contributed by atoms with van der Waals surface area (Å²) in [5, 5.41) is 14.5. The normalized spacial score (nSPS) is 11.0. The number of hydrogen-bond acceptors (Lipinski definition) is 4. The van der Waals surface area contributed by atoms with Crippen molar-refractivity contribution in [3.63, 3.8) is 0 Å². The Morgan fingerprint density at radius 3 is 2.74 bits per heavy atom. The molecule has 0 amide bonds. The van der Waals surface area contributed by atoms with Gasteiger partial charge in [-0.2, -0.15) is 0 Å². The third-order valence-electron chi connectivity index (χ3n) is 3.72. The molecule has 27 heavy (non-hydrogen) atoms. The Hall–Kier alpha value is -1.91. The molecule has 0 bridgehead atoms. The summed E-state index contributed by atoms with van der Waals surface area (Å²) < 4.78 is 21.1. The molecule has 0 saturated carbocycles. The van der Waals surface area contributed by atoms with Gasteiger partial charge in [0.25, 0.3) is 0 Å². The largest absolute Gasteiger partial charge is 0.491 e. The van der Waals surface area contributed by atoms with Crippen molar-refractivity contribution < 1.29 is 9.13 Å². The van der Waals surface area contributed by atoms with Gasteiger partial charge in [-0.15, -0.1) is 34.2 Å². The molecule has 0 fully saturated rings. The van der Waals surface area contributed by atoms with Crippen molar-refractivity contribution in [1.82, 2.24) is 25.4 Å². The number of hydrogen-bond donors (Lipinski definition) is 2. The zero-order valence-electron chi connectivity index (χ0n) is 16.0. The number of ether oxygens (including phenoxy) is 1. The molecule has 0 spiro atoms. The Labute approximate surface area is 176 Å². The van der Waals surface area contributed by atoms with Crippen molar-refractivity contribution in [3.8, 4) is 5.75 Å². The molecule has 0 aliphatic carbocycles. The van der Waals surface area contributed by atoms with Crippen LogP contribution in [0.5, 0.6) is 5.75 Å². The van der Waals surface area contributed by atoms with Crippen molar-refractivity contribution in [2.45, 2.75) is 40.3 Å². The van der Waals surface area contributed by atoms with Gasteiger partial charge in [-0.05, 0) is 31.5 Å². The number of halogens is 2. The monoisotopic (exact) mass is 490 g/mol. The summed E-state index contributed by atoms with van der Waals surface area (Å²) in [7, 11) is 0. The predicted octanol–water partition coefficient (Wildman–Crippen LogP) is 2.75. The maximum atomic E-state index is 13.9. The summed E-state index contributed by atoms with van der Waals surface area (Å²) in [5.74, 6) is 1.55. The van der Waals surface area contributed by atoms with E-state index >= 15 is 0 Å². The summed E-state index contributed by atoms with van der Waals surface area (Å²) in [4.78, 5) is 4.51. The SMILES string of the molecule is CCNC(=NCc1ccc(OCC)c(F)c1)NCCn1cnnc1CC.I. The average Bonchev–Trinajstić information content (AvgIpc) is 3.09. The first-order valence-corrected chi connectivity index (χ1v) is 8.98. The Morgan fingerprint density at radius 2 is 2.07 bits per heavy atom. The lowest BCUT2D eigenvalue weighted by atomic mass is 10.2. The van der Waals surface area contributed by atoms with E-state index in [9.17, 15) is 4.39 Å². The van der Waals surface area contributed by atoms with Gasteiger partial charge in [-0.25, -0.2) is 9.38 Å². The number of aromatic nitrogens is 3. The van der Waals surface area contributed by atoms with Crippen molar-refractivity contribution in [1.29, 1.82) is 0 Å². The molecule has 1 heterocycles. The number of nitrogens with zero attached hydrogens (tertiary/aromatic N) is 4. The molecular weight excluding hydrogens is 462 g/mol. The molecule has 2 N–H and O–H groups in total. The van der Waals surface area contributed by atoms with E-state index in [0.29, 0.717) is 25.7 Å². The standard InChI is InChI=1S/C18H27FN6O.HI/c1-4-17-24-23-13-25(17)10-9-21-18(20-5-2)22-12-14-7-8-16(26-6-3)15(19)11-14;/h7-8,11,13H,4-6,9-10,12H2,1-3H3,(H2,20,21,22);1H. The zero-order chi connectivity index (χ0) is 18.8. The van der Waals surface area contributed by atoms with E-state index < -0.39 is 0 Å². The Bertz CT molecular complexity index is 722. The van der Waals surface area contributed by atoms with Crippen LogP contribution >= 0.6 is 24.0 Å². The van der Waals surface area contributed by atoms with E-state index in [1.165, 1.54) is 6.07 Å². The molecule has 0 aliphatic rings. The number of nitrogens with one attached hydrogen (secondary N) is 2. The summed E-state index contributed by atoms with van der Waals surface area (Å²) in [6.07, 6.45) is 2.57. The van der Waals surface area contributed by atoms with Crippen molar-refractivity contribution in [3.05, 3.63) is 41.7 Å². The molecule has 1 aromatic carbocycles. The molecular formula is C18H28FIN6O. The minimum Gasteiger partial charge on any atom is -0.491 e. The van der Waals surface area contributed by atoms with Crippen LogP contribution in [0.15, 0.2) is 29.5 Å². The van der Waals surface area contributed by atoms with E-state index in [-0.39, 0.29) is 35.5 Å². The first-order chi connectivity index (χ1) is 12.7. The minimum absolute atomic E-state index is 0. The van der Waals surface area contributed by atoms with Gasteiger partial charge in [0.2, 0.25) is 0 Å². The fraction of sp³-hybridized carbons (Fsp3) is 0.500. The molecule has 7 nitrogen and oxygen atoms in total. The van der Waals surface area contributed by atoms with Crippen LogP contribution in [0, 0.1) is 5.82 Å². The number of benzene rings is 1. The summed E-state index contributed by atoms with van der Waals surface area (Å²) >= 11 is 0. The number of guanidine groups is 1. The Balaban J connectivity index is 0.00000364. The van der Waals surface area contributed by atoms with Crippen molar-refractivity contribution in [2.24, 2.45) is 4.99 Å². The van der Waals surface area contributed by atoms with E-state index in [1.807, 2.05) is 24.5 Å². The third-order valence-corrected chi connectivity index (χ3v) is 3.72. The van der Waals surface area contributed by atoms with Crippen molar-refractivity contribution >= 4 is 29.9 Å². The van der Waals surface area contributed by atoms with Gasteiger partial charge in [0.1, 0.15) is 12.2 Å². The topological polar surface area (TPSA) is 76.4 Å². The minimum atomic E-state index is -0.364. The van der Waals surface area contributed by atoms with Crippen LogP contribution in [0.3, 0.4) is 0 Å². The molecule has 0 atom stereocenters. The fourth-order valence-electron chi connectivity index (χ4n) is 2.46. The highest BCUT2D eigenvalue weighted by Gasteiger charge is 2.05. The van der Waals surface area contributed by atoms with E-state index in [4.69, 9.17) is 4.74 Å². The smallest absolute Gasteiger partial charge is 0.191 e. The van der Waals surface area contributed by atoms with Crippen LogP contribution in [-0.2, 0) is 19.5 Å². The molecule has 1 aromatic heterocycles. The molecule has 2 rings (SSSR count). The van der Waals surface area contributed by atoms with Gasteiger partial charge < -0.3 is 19.9 Å². The van der Waals surface area contributed by atoms with Crippen LogP contribution in [-0.4, -0.2) is 40.4 Å². The van der Waals surface area contributed by atoms with Crippen molar-refractivity contribution in [2.75, 3.05) is 19.7 Å². The lowest BCUT2D eigenvalue weighted by molar-refractivity contribution is 0.321. The predicted molar refractivity (Wildman–Crippen MR) is 115 cm³/mol. The van der Waals surface area contributed by atoms with Gasteiger partial charge in [-0.3, -0.25) is 0 Å². The lowest BCUT2D eigenvalue weighted by Crippen LogP contribution is -2.38. The van der Waals surface area contributed by atoms with Crippen LogP contribution < -0.4 is 15.4 Å². The molecule has 0 saturated heterocycles. The van der Waals surface area contributed by atoms with Crippen LogP contribution in [0.25, 0.3) is 0 Å². The second-order valence-electron chi connectivity index (χ2n) is 5.61. The first kappa shape index (κ1) is 23.1. The highest BCUT2D eigenvalue weighted by atomic mass is 127. The summed E-state index contributed by atoms with van der Waals surface area (Å²) in [6, 6.07) is 4.93. The van der Waals surface area contributed by atoms with E-state index in [1.54, 1.807) is 12.4 Å². The highest BCUT2D eigenvalue weighted by Crippen LogP contribution is 2.18. The van der Waals surface area contributed by atoms with E-state index in [2.05, 4.69) is 32.7 Å². The number of aryl methyl sites for hydroxylation is 1. The van der Waals surface area contributed by atoms with Gasteiger partial charge in [0.15, 0.2) is 17.5 Å². The highest BCUT2D eigenvalue weighted by molar-refractivity contribution is 14.0. The second-order valence-corrected chi connectivity index (χ2v) is 5.61. The number of aliphatic imine (C=N–C) groups is 1. The van der Waals surface area contributed by atoms with Crippen LogP contribution in [0.2, 0.25) is 0 Å². The third kappa shape index (κ3) is 7.31. The maximum absolute atomic E-state index is 13.9. The van der Waals surface area contributed by atoms with Crippen LogP contribution in [0.4, 0.5) is 4.39 Å². The Morgan fingerprint density at radius 1 is 1.26 bits per heavy atom. The zero-order valence-corrected chi connectivity index (χ0v) is 18.4. The average molecular weight is 490 g/mol. The van der Waals surface area contributed by atoms with Gasteiger partial charge in [0, 0.05) is 26.1 Å². The quantitative estimate of drug-likeness (QED) is 0.321. The van der Waals surface area contributed by atoms with Gasteiger partial charge in [0.05, 0.1) is 13.2 Å². The summed E-state index contributed by atoms with van der Waals surface area (Å²) in [5.41, 5.74) is 0.787.